The van der Waals surface area contributed by atoms with Gasteiger partial charge in [0.25, 0.3) is 5.92 Å². The first kappa shape index (κ1) is 33.9. The highest BCUT2D eigenvalue weighted by Crippen LogP contribution is 2.69. The molecule has 4 aromatic rings. The fraction of sp³-hybridized carbons (Fsp3) is 0.487. The third-order valence-electron chi connectivity index (χ3n) is 12.0. The molecular weight excluding hydrogens is 692 g/mol. The van der Waals surface area contributed by atoms with E-state index in [0.717, 1.165) is 19.3 Å². The number of phenols is 1. The number of carbonyl (C=O) groups is 1. The first-order valence-corrected chi connectivity index (χ1v) is 18.1. The SMILES string of the molecule is C#Cc1c(F)ccc2cc(O)cc(-c3ncc4c(N5C[C@H]6CC[C@@H](C5)N6C(=O)OC(C)C)nc(OC[C@@]56CCCN5C[C@@]5(CC5(F)F)C6)nc4c3F)c12. The van der Waals surface area contributed by atoms with Gasteiger partial charge in [-0.25, -0.2) is 22.4 Å². The van der Waals surface area contributed by atoms with Crippen molar-refractivity contribution in [3.63, 3.8) is 0 Å². The summed E-state index contributed by atoms with van der Waals surface area (Å²) in [4.78, 5) is 32.8. The summed E-state index contributed by atoms with van der Waals surface area (Å²) in [5.41, 5.74) is -2.03. The molecular formula is C39H38F4N6O4. The Morgan fingerprint density at radius 3 is 2.58 bits per heavy atom. The van der Waals surface area contributed by atoms with Crippen LogP contribution in [0.15, 0.2) is 30.5 Å². The minimum atomic E-state index is -2.70. The molecule has 1 aliphatic carbocycles. The van der Waals surface area contributed by atoms with Gasteiger partial charge in [-0.15, -0.1) is 6.42 Å². The monoisotopic (exact) mass is 730 g/mol. The zero-order chi connectivity index (χ0) is 37.0. The van der Waals surface area contributed by atoms with Gasteiger partial charge < -0.3 is 19.5 Å². The Morgan fingerprint density at radius 1 is 1.13 bits per heavy atom. The number of pyridine rings is 1. The molecule has 1 amide bonds. The highest BCUT2D eigenvalue weighted by Gasteiger charge is 2.77. The van der Waals surface area contributed by atoms with Crippen molar-refractivity contribution in [3.8, 4) is 35.4 Å². The number of piperazine rings is 1. The van der Waals surface area contributed by atoms with Crippen molar-refractivity contribution in [1.29, 1.82) is 0 Å². The molecule has 4 atom stereocenters. The van der Waals surface area contributed by atoms with Crippen molar-refractivity contribution in [2.75, 3.05) is 37.7 Å². The van der Waals surface area contributed by atoms with E-state index in [1.165, 1.54) is 30.5 Å². The lowest BCUT2D eigenvalue weighted by molar-refractivity contribution is 0.0570. The number of benzene rings is 2. The molecule has 0 radical (unpaired) electrons. The van der Waals surface area contributed by atoms with Gasteiger partial charge in [0.05, 0.1) is 40.1 Å². The van der Waals surface area contributed by atoms with Crippen LogP contribution in [0, 0.1) is 29.4 Å². The van der Waals surface area contributed by atoms with Crippen molar-refractivity contribution in [3.05, 3.63) is 47.7 Å². The zero-order valence-electron chi connectivity index (χ0n) is 29.3. The van der Waals surface area contributed by atoms with Crippen molar-refractivity contribution in [1.82, 2.24) is 24.8 Å². The first-order valence-electron chi connectivity index (χ1n) is 18.1. The van der Waals surface area contributed by atoms with Crippen molar-refractivity contribution < 1.29 is 36.9 Å². The van der Waals surface area contributed by atoms with Gasteiger partial charge in [0.1, 0.15) is 35.2 Å². The Morgan fingerprint density at radius 2 is 1.89 bits per heavy atom. The molecule has 276 valence electrons. The summed E-state index contributed by atoms with van der Waals surface area (Å²) in [6, 6.07) is 4.84. The Hall–Kier alpha value is -4.90. The lowest BCUT2D eigenvalue weighted by atomic mass is 9.89. The molecule has 9 rings (SSSR count). The second-order valence-corrected chi connectivity index (χ2v) is 15.7. The summed E-state index contributed by atoms with van der Waals surface area (Å²) in [6.45, 7) is 5.43. The lowest BCUT2D eigenvalue weighted by Gasteiger charge is -2.41. The molecule has 1 N–H and O–H groups in total. The largest absolute Gasteiger partial charge is 0.508 e. The van der Waals surface area contributed by atoms with Crippen LogP contribution in [-0.4, -0.2) is 98.4 Å². The molecule has 2 bridgehead atoms. The number of anilines is 1. The normalized spacial score (nSPS) is 27.2. The molecule has 1 spiro atoms. The highest BCUT2D eigenvalue weighted by molar-refractivity contribution is 6.03. The third kappa shape index (κ3) is 5.25. The maximum atomic E-state index is 17.1. The zero-order valence-corrected chi connectivity index (χ0v) is 29.3. The number of nitrogens with zero attached hydrogens (tertiary/aromatic N) is 6. The van der Waals surface area contributed by atoms with Crippen LogP contribution in [-0.2, 0) is 4.74 Å². The van der Waals surface area contributed by atoms with Crippen LogP contribution in [0.25, 0.3) is 32.9 Å². The molecule has 6 heterocycles. The number of hydrogen-bond donors (Lipinski definition) is 1. The van der Waals surface area contributed by atoms with Crippen LogP contribution in [0.5, 0.6) is 11.8 Å². The van der Waals surface area contributed by atoms with Crippen LogP contribution in [0.1, 0.15) is 57.9 Å². The van der Waals surface area contributed by atoms with E-state index < -0.39 is 28.5 Å². The number of terminal acetylenes is 1. The topological polar surface area (TPSA) is 104 Å². The van der Waals surface area contributed by atoms with Crippen molar-refractivity contribution in [2.45, 2.75) is 82.0 Å². The van der Waals surface area contributed by atoms with E-state index in [0.29, 0.717) is 50.2 Å². The number of aromatic hydroxyl groups is 1. The van der Waals surface area contributed by atoms with E-state index in [1.54, 1.807) is 18.7 Å². The number of halogens is 4. The molecule has 4 aliphatic heterocycles. The van der Waals surface area contributed by atoms with Crippen LogP contribution >= 0.6 is 0 Å². The number of fused-ring (bicyclic) bond motifs is 5. The van der Waals surface area contributed by atoms with Gasteiger partial charge in [-0.05, 0) is 76.1 Å². The molecule has 5 fully saturated rings. The predicted molar refractivity (Wildman–Crippen MR) is 188 cm³/mol. The summed E-state index contributed by atoms with van der Waals surface area (Å²) in [5.74, 6) is -1.75. The summed E-state index contributed by atoms with van der Waals surface area (Å²) >= 11 is 0. The van der Waals surface area contributed by atoms with Gasteiger partial charge in [-0.2, -0.15) is 9.97 Å². The molecule has 1 saturated carbocycles. The number of rotatable bonds is 6. The molecule has 4 saturated heterocycles. The number of ether oxygens (including phenoxy) is 2. The lowest BCUT2D eigenvalue weighted by Crippen LogP contribution is -2.56. The predicted octanol–water partition coefficient (Wildman–Crippen LogP) is 6.65. The van der Waals surface area contributed by atoms with Gasteiger partial charge in [0, 0.05) is 43.2 Å². The first-order chi connectivity index (χ1) is 25.3. The fourth-order valence-corrected chi connectivity index (χ4v) is 9.55. The number of hydrogen-bond acceptors (Lipinski definition) is 9. The molecule has 14 heteroatoms. The molecule has 0 unspecified atom stereocenters. The van der Waals surface area contributed by atoms with E-state index in [2.05, 4.69) is 20.8 Å². The average Bonchev–Trinajstić information content (AvgIpc) is 3.38. The molecule has 5 aliphatic rings. The second kappa shape index (κ2) is 11.8. The van der Waals surface area contributed by atoms with E-state index in [1.807, 2.05) is 4.90 Å². The summed E-state index contributed by atoms with van der Waals surface area (Å²) in [5, 5.41) is 11.5. The maximum absolute atomic E-state index is 17.1. The van der Waals surface area contributed by atoms with Crippen LogP contribution < -0.4 is 9.64 Å². The minimum absolute atomic E-state index is 0.0530. The van der Waals surface area contributed by atoms with Gasteiger partial charge >= 0.3 is 12.1 Å². The highest BCUT2D eigenvalue weighted by atomic mass is 19.3. The fourth-order valence-electron chi connectivity index (χ4n) is 9.55. The molecule has 10 nitrogen and oxygen atoms in total. The molecule has 2 aromatic heterocycles. The van der Waals surface area contributed by atoms with Crippen LogP contribution in [0.2, 0.25) is 0 Å². The molecule has 53 heavy (non-hydrogen) atoms. The number of alkyl halides is 2. The van der Waals surface area contributed by atoms with Gasteiger partial charge in [-0.1, -0.05) is 12.0 Å². The smallest absolute Gasteiger partial charge is 0.410 e. The second-order valence-electron chi connectivity index (χ2n) is 15.7. The maximum Gasteiger partial charge on any atom is 0.410 e. The average molecular weight is 731 g/mol. The van der Waals surface area contributed by atoms with Crippen LogP contribution in [0.3, 0.4) is 0 Å². The minimum Gasteiger partial charge on any atom is -0.508 e. The van der Waals surface area contributed by atoms with Gasteiger partial charge in [0.2, 0.25) is 0 Å². The van der Waals surface area contributed by atoms with E-state index >= 15 is 4.39 Å². The number of phenolic OH excluding ortho intramolecular Hbond substituents is 1. The Kier molecular flexibility index (Phi) is 7.55. The number of amides is 1. The van der Waals surface area contributed by atoms with E-state index in [-0.39, 0.29) is 82.2 Å². The van der Waals surface area contributed by atoms with E-state index in [9.17, 15) is 23.1 Å². The van der Waals surface area contributed by atoms with E-state index in [4.69, 9.17) is 20.9 Å². The quantitative estimate of drug-likeness (QED) is 0.173. The summed E-state index contributed by atoms with van der Waals surface area (Å²) in [6.07, 6.45) is 9.69. The molecule has 2 aromatic carbocycles. The van der Waals surface area contributed by atoms with Gasteiger partial charge in [-0.3, -0.25) is 14.8 Å². The van der Waals surface area contributed by atoms with Crippen molar-refractivity contribution in [2.24, 2.45) is 5.41 Å². The van der Waals surface area contributed by atoms with Crippen LogP contribution in [0.4, 0.5) is 28.2 Å². The Bertz CT molecular complexity index is 2230. The number of carbonyl (C=O) groups excluding carboxylic acids is 1. The van der Waals surface area contributed by atoms with Crippen molar-refractivity contribution >= 4 is 33.6 Å². The summed E-state index contributed by atoms with van der Waals surface area (Å²) in [7, 11) is 0. The van der Waals surface area contributed by atoms with Gasteiger partial charge in [0.15, 0.2) is 5.82 Å². The Balaban J connectivity index is 1.14. The third-order valence-corrected chi connectivity index (χ3v) is 12.0. The summed E-state index contributed by atoms with van der Waals surface area (Å²) < 4.78 is 73.0. The Labute approximate surface area is 303 Å². The standard InChI is InChI=1S/C39H38F4N6O4/c1-4-26-29(40)9-6-22-12-25(50)13-27(30(22)26)32-31(41)33-28(14-44-32)34(47-15-23-7-8-24(16-47)49(23)36(51)53-21(2)3)46-35(45-33)52-20-38-10-5-11-48(38)19-37(17-38)18-39(37,42)43/h1,6,9,12-14,21,23-24,50H,5,7-8,10-11,15-20H2,2-3H3/t23-,24+,37-,38-/m0/s1. The number of aromatic nitrogens is 3.